The fourth-order valence-electron chi connectivity index (χ4n) is 3.94. The zero-order valence-electron chi connectivity index (χ0n) is 16.1. The minimum absolute atomic E-state index is 0.0351. The summed E-state index contributed by atoms with van der Waals surface area (Å²) in [6, 6.07) is 9.74. The maximum Gasteiger partial charge on any atom is 0.130 e. The highest BCUT2D eigenvalue weighted by Crippen LogP contribution is 2.34. The molecular weight excluding hydrogens is 378 g/mol. The van der Waals surface area contributed by atoms with Gasteiger partial charge in [-0.3, -0.25) is 0 Å². The molecule has 3 N–H and O–H groups in total. The summed E-state index contributed by atoms with van der Waals surface area (Å²) < 4.78 is 5.10. The van der Waals surface area contributed by atoms with Gasteiger partial charge < -0.3 is 20.3 Å². The summed E-state index contributed by atoms with van der Waals surface area (Å²) in [6.45, 7) is 1.23. The van der Waals surface area contributed by atoms with Gasteiger partial charge in [-0.25, -0.2) is 9.97 Å². The predicted octanol–water partition coefficient (Wildman–Crippen LogP) is 2.01. The van der Waals surface area contributed by atoms with Gasteiger partial charge in [0.2, 0.25) is 0 Å². The monoisotopic (exact) mass is 405 g/mol. The molecule has 4 atom stereocenters. The van der Waals surface area contributed by atoms with Crippen molar-refractivity contribution in [3.8, 4) is 0 Å². The molecule has 0 radical (unpaired) electrons. The number of methoxy groups -OCH3 is 1. The number of nitrogens with one attached hydrogen (secondary N) is 1. The number of hydrogen-bond acceptors (Lipinski definition) is 6. The van der Waals surface area contributed by atoms with Crippen molar-refractivity contribution in [1.29, 1.82) is 0 Å². The van der Waals surface area contributed by atoms with Gasteiger partial charge in [0.05, 0.1) is 12.7 Å². The van der Waals surface area contributed by atoms with Crippen LogP contribution < -0.4 is 5.32 Å². The highest BCUT2D eigenvalue weighted by molar-refractivity contribution is 6.30. The molecule has 28 heavy (non-hydrogen) atoms. The third kappa shape index (κ3) is 5.49. The van der Waals surface area contributed by atoms with Crippen LogP contribution in [0.1, 0.15) is 23.5 Å². The van der Waals surface area contributed by atoms with Crippen molar-refractivity contribution in [2.45, 2.75) is 38.0 Å². The summed E-state index contributed by atoms with van der Waals surface area (Å²) in [4.78, 5) is 8.92. The molecule has 0 spiro atoms. The number of nitrogens with zero attached hydrogens (tertiary/aromatic N) is 2. The van der Waals surface area contributed by atoms with Crippen LogP contribution in [-0.2, 0) is 24.1 Å². The number of aromatic nitrogens is 2. The minimum atomic E-state index is -0.521. The molecule has 7 heteroatoms. The lowest BCUT2D eigenvalue weighted by atomic mass is 9.88. The first-order valence-corrected chi connectivity index (χ1v) is 10.0. The number of hydrogen-bond donors (Lipinski definition) is 3. The van der Waals surface area contributed by atoms with E-state index in [2.05, 4.69) is 15.3 Å². The van der Waals surface area contributed by atoms with Crippen LogP contribution in [0.15, 0.2) is 36.5 Å². The van der Waals surface area contributed by atoms with Crippen molar-refractivity contribution in [3.05, 3.63) is 58.6 Å². The number of aliphatic hydroxyl groups excluding tert-OH is 2. The van der Waals surface area contributed by atoms with Crippen LogP contribution in [0.25, 0.3) is 0 Å². The highest BCUT2D eigenvalue weighted by Gasteiger charge is 2.41. The summed E-state index contributed by atoms with van der Waals surface area (Å²) in [5, 5.41) is 24.6. The quantitative estimate of drug-likeness (QED) is 0.591. The van der Waals surface area contributed by atoms with Gasteiger partial charge in [0.25, 0.3) is 0 Å². The fraction of sp³-hybridized carbons (Fsp3) is 0.524. The second kappa shape index (κ2) is 10.3. The molecule has 0 aliphatic heterocycles. The van der Waals surface area contributed by atoms with Crippen molar-refractivity contribution >= 4 is 11.6 Å². The molecule has 2 aromatic rings. The van der Waals surface area contributed by atoms with E-state index in [-0.39, 0.29) is 24.5 Å². The summed E-state index contributed by atoms with van der Waals surface area (Å²) in [7, 11) is 1.66. The summed E-state index contributed by atoms with van der Waals surface area (Å²) in [6.07, 6.45) is 3.21. The molecule has 152 valence electrons. The Kier molecular flexibility index (Phi) is 7.76. The van der Waals surface area contributed by atoms with Crippen LogP contribution in [0.2, 0.25) is 5.02 Å². The standard InChI is InChI=1S/C21H28ClN3O3/c1-28-9-7-21-23-8-6-16(25-21)10-17-18(13-26)20(27)11-19(17)24-12-14-2-4-15(22)5-3-14/h2-6,8,17-20,24,26-27H,7,9-13H2,1H3. The Morgan fingerprint density at radius 3 is 2.71 bits per heavy atom. The predicted molar refractivity (Wildman–Crippen MR) is 108 cm³/mol. The molecule has 3 rings (SSSR count). The van der Waals surface area contributed by atoms with E-state index in [1.165, 1.54) is 0 Å². The average Bonchev–Trinajstić information content (AvgIpc) is 3.00. The molecule has 1 saturated carbocycles. The van der Waals surface area contributed by atoms with E-state index in [1.807, 2.05) is 30.3 Å². The number of halogens is 1. The molecule has 1 aliphatic carbocycles. The van der Waals surface area contributed by atoms with Crippen LogP contribution in [0.4, 0.5) is 0 Å². The highest BCUT2D eigenvalue weighted by atomic mass is 35.5. The van der Waals surface area contributed by atoms with Crippen molar-refractivity contribution in [1.82, 2.24) is 15.3 Å². The van der Waals surface area contributed by atoms with Gasteiger partial charge in [-0.15, -0.1) is 0 Å². The van der Waals surface area contributed by atoms with Crippen molar-refractivity contribution in [3.63, 3.8) is 0 Å². The molecular formula is C21H28ClN3O3. The molecule has 4 unspecified atom stereocenters. The Labute approximate surface area is 170 Å². The topological polar surface area (TPSA) is 87.5 Å². The third-order valence-electron chi connectivity index (χ3n) is 5.49. The third-order valence-corrected chi connectivity index (χ3v) is 5.74. The first-order valence-electron chi connectivity index (χ1n) is 9.67. The lowest BCUT2D eigenvalue weighted by Crippen LogP contribution is -2.36. The van der Waals surface area contributed by atoms with Crippen LogP contribution in [0, 0.1) is 11.8 Å². The zero-order valence-corrected chi connectivity index (χ0v) is 16.8. The Morgan fingerprint density at radius 1 is 1.21 bits per heavy atom. The van der Waals surface area contributed by atoms with Crippen LogP contribution in [-0.4, -0.2) is 52.7 Å². The lowest BCUT2D eigenvalue weighted by Gasteiger charge is -2.25. The van der Waals surface area contributed by atoms with Gasteiger partial charge in [-0.2, -0.15) is 0 Å². The van der Waals surface area contributed by atoms with Crippen molar-refractivity contribution < 1.29 is 14.9 Å². The van der Waals surface area contributed by atoms with Gasteiger partial charge in [0, 0.05) is 55.6 Å². The number of ether oxygens (including phenoxy) is 1. The van der Waals surface area contributed by atoms with Gasteiger partial charge in [-0.1, -0.05) is 23.7 Å². The summed E-state index contributed by atoms with van der Waals surface area (Å²) in [5.74, 6) is 0.682. The second-order valence-corrected chi connectivity index (χ2v) is 7.77. The molecule has 6 nitrogen and oxygen atoms in total. The minimum Gasteiger partial charge on any atom is -0.396 e. The maximum absolute atomic E-state index is 10.4. The molecule has 1 aromatic heterocycles. The molecule has 0 bridgehead atoms. The molecule has 0 saturated heterocycles. The molecule has 0 amide bonds. The number of aliphatic hydroxyl groups is 2. The zero-order chi connectivity index (χ0) is 19.9. The maximum atomic E-state index is 10.4. The van der Waals surface area contributed by atoms with Gasteiger partial charge >= 0.3 is 0 Å². The normalized spacial score (nSPS) is 24.6. The first-order chi connectivity index (χ1) is 13.6. The van der Waals surface area contributed by atoms with Crippen LogP contribution in [0.5, 0.6) is 0 Å². The van der Waals surface area contributed by atoms with E-state index < -0.39 is 6.10 Å². The van der Waals surface area contributed by atoms with E-state index >= 15 is 0 Å². The molecule has 1 aliphatic rings. The van der Waals surface area contributed by atoms with Crippen molar-refractivity contribution in [2.75, 3.05) is 20.3 Å². The van der Waals surface area contributed by atoms with Crippen molar-refractivity contribution in [2.24, 2.45) is 11.8 Å². The van der Waals surface area contributed by atoms with Gasteiger partial charge in [0.1, 0.15) is 5.82 Å². The molecule has 1 heterocycles. The second-order valence-electron chi connectivity index (χ2n) is 7.34. The largest absolute Gasteiger partial charge is 0.396 e. The summed E-state index contributed by atoms with van der Waals surface area (Å²) in [5.41, 5.74) is 2.06. The van der Waals surface area contributed by atoms with E-state index in [0.717, 1.165) is 17.1 Å². The number of rotatable bonds is 9. The summed E-state index contributed by atoms with van der Waals surface area (Å²) >= 11 is 5.95. The first kappa shape index (κ1) is 21.1. The Balaban J connectivity index is 1.68. The fourth-order valence-corrected chi connectivity index (χ4v) is 4.07. The van der Waals surface area contributed by atoms with E-state index in [4.69, 9.17) is 16.3 Å². The van der Waals surface area contributed by atoms with Crippen LogP contribution in [0.3, 0.4) is 0 Å². The van der Waals surface area contributed by atoms with E-state index in [0.29, 0.717) is 37.4 Å². The number of benzene rings is 1. The lowest BCUT2D eigenvalue weighted by molar-refractivity contribution is 0.0716. The SMILES string of the molecule is COCCc1nccc(CC2C(NCc3ccc(Cl)cc3)CC(O)C2CO)n1. The van der Waals surface area contributed by atoms with Gasteiger partial charge in [0.15, 0.2) is 0 Å². The smallest absolute Gasteiger partial charge is 0.130 e. The van der Waals surface area contributed by atoms with E-state index in [1.54, 1.807) is 13.3 Å². The molecule has 1 aromatic carbocycles. The average molecular weight is 406 g/mol. The Bertz CT molecular complexity index is 744. The molecule has 1 fully saturated rings. The Hall–Kier alpha value is -1.57. The van der Waals surface area contributed by atoms with Gasteiger partial charge in [-0.05, 0) is 42.5 Å². The van der Waals surface area contributed by atoms with E-state index in [9.17, 15) is 10.2 Å². The van der Waals surface area contributed by atoms with Crippen LogP contribution >= 0.6 is 11.6 Å². The Morgan fingerprint density at radius 2 is 2.00 bits per heavy atom.